The van der Waals surface area contributed by atoms with Crippen molar-refractivity contribution in [1.29, 1.82) is 0 Å². The highest BCUT2D eigenvalue weighted by atomic mass is 16.6. The maximum atomic E-state index is 12.3. The normalized spacial score (nSPS) is 29.5. The van der Waals surface area contributed by atoms with Gasteiger partial charge in [0.1, 0.15) is 17.4 Å². The van der Waals surface area contributed by atoms with E-state index in [2.05, 4.69) is 5.16 Å². The molecule has 0 unspecified atom stereocenters. The number of carbonyl (C=O) groups excluding carboxylic acids is 1. The molecule has 1 amide bonds. The Labute approximate surface area is 109 Å². The summed E-state index contributed by atoms with van der Waals surface area (Å²) >= 11 is 0. The minimum atomic E-state index is -0.687. The Bertz CT molecular complexity index is 527. The van der Waals surface area contributed by atoms with Gasteiger partial charge in [-0.1, -0.05) is 5.16 Å². The van der Waals surface area contributed by atoms with E-state index >= 15 is 0 Å². The molecule has 0 radical (unpaired) electrons. The standard InChI is InChI=1S/C12H15N3O4/c1-7-5-9(13-19-7)10-3-2-4-14(10)12(16)8-6-11(8)15(17)18/h5,8,10-11H,2-4,6H2,1H3/t8-,10+,11-/m1/s1. The first-order valence-electron chi connectivity index (χ1n) is 6.45. The molecular weight excluding hydrogens is 250 g/mol. The number of carbonyl (C=O) groups is 1. The summed E-state index contributed by atoms with van der Waals surface area (Å²) in [5.74, 6) is 0.164. The molecule has 7 nitrogen and oxygen atoms in total. The molecule has 1 aromatic rings. The van der Waals surface area contributed by atoms with Gasteiger partial charge in [-0.25, -0.2) is 0 Å². The largest absolute Gasteiger partial charge is 0.361 e. The van der Waals surface area contributed by atoms with Crippen molar-refractivity contribution in [3.63, 3.8) is 0 Å². The van der Waals surface area contributed by atoms with Gasteiger partial charge in [0, 0.05) is 24.0 Å². The van der Waals surface area contributed by atoms with Crippen LogP contribution >= 0.6 is 0 Å². The van der Waals surface area contributed by atoms with Crippen LogP contribution in [0.2, 0.25) is 0 Å². The average molecular weight is 265 g/mol. The van der Waals surface area contributed by atoms with Gasteiger partial charge in [-0.05, 0) is 19.8 Å². The number of aryl methyl sites for hydroxylation is 1. The van der Waals surface area contributed by atoms with Crippen molar-refractivity contribution < 1.29 is 14.2 Å². The molecular formula is C12H15N3O4. The molecule has 2 fully saturated rings. The van der Waals surface area contributed by atoms with Crippen LogP contribution in [0.4, 0.5) is 0 Å². The van der Waals surface area contributed by atoms with E-state index in [-0.39, 0.29) is 16.9 Å². The zero-order valence-corrected chi connectivity index (χ0v) is 10.6. The first-order valence-corrected chi connectivity index (χ1v) is 6.45. The fraction of sp³-hybridized carbons (Fsp3) is 0.667. The minimum Gasteiger partial charge on any atom is -0.361 e. The summed E-state index contributed by atoms with van der Waals surface area (Å²) in [6, 6.07) is 1.06. The van der Waals surface area contributed by atoms with Crippen molar-refractivity contribution in [2.24, 2.45) is 5.92 Å². The van der Waals surface area contributed by atoms with Crippen LogP contribution in [0.3, 0.4) is 0 Å². The van der Waals surface area contributed by atoms with Crippen LogP contribution in [0.1, 0.15) is 36.8 Å². The molecule has 0 spiro atoms. The molecule has 2 aliphatic rings. The van der Waals surface area contributed by atoms with Gasteiger partial charge in [-0.3, -0.25) is 14.9 Å². The summed E-state index contributed by atoms with van der Waals surface area (Å²) in [6.07, 6.45) is 2.11. The van der Waals surface area contributed by atoms with Crippen molar-refractivity contribution in [2.75, 3.05) is 6.54 Å². The van der Waals surface area contributed by atoms with Gasteiger partial charge in [0.05, 0.1) is 6.04 Å². The highest BCUT2D eigenvalue weighted by molar-refractivity contribution is 5.82. The summed E-state index contributed by atoms with van der Waals surface area (Å²) in [5, 5.41) is 14.6. The van der Waals surface area contributed by atoms with Crippen LogP contribution in [0, 0.1) is 23.0 Å². The molecule has 0 N–H and O–H groups in total. The van der Waals surface area contributed by atoms with Gasteiger partial charge in [0.15, 0.2) is 0 Å². The molecule has 2 heterocycles. The second-order valence-corrected chi connectivity index (χ2v) is 5.25. The van der Waals surface area contributed by atoms with Gasteiger partial charge >= 0.3 is 0 Å². The smallest absolute Gasteiger partial charge is 0.233 e. The fourth-order valence-electron chi connectivity index (χ4n) is 2.77. The molecule has 102 valence electrons. The lowest BCUT2D eigenvalue weighted by atomic mass is 10.1. The topological polar surface area (TPSA) is 89.5 Å². The molecule has 1 saturated carbocycles. The lowest BCUT2D eigenvalue weighted by Gasteiger charge is -2.22. The molecule has 1 aliphatic carbocycles. The van der Waals surface area contributed by atoms with Crippen LogP contribution in [0.15, 0.2) is 10.6 Å². The van der Waals surface area contributed by atoms with Crippen LogP contribution in [-0.4, -0.2) is 33.5 Å². The maximum absolute atomic E-state index is 12.3. The third kappa shape index (κ3) is 2.09. The van der Waals surface area contributed by atoms with Crippen molar-refractivity contribution in [2.45, 2.75) is 38.3 Å². The van der Waals surface area contributed by atoms with Gasteiger partial charge in [0.25, 0.3) is 0 Å². The fourth-order valence-corrected chi connectivity index (χ4v) is 2.77. The lowest BCUT2D eigenvalue weighted by molar-refractivity contribution is -0.497. The first kappa shape index (κ1) is 12.1. The van der Waals surface area contributed by atoms with Crippen molar-refractivity contribution >= 4 is 5.91 Å². The number of hydrogen-bond acceptors (Lipinski definition) is 5. The number of hydrogen-bond donors (Lipinski definition) is 0. The first-order chi connectivity index (χ1) is 9.08. The number of rotatable bonds is 3. The number of likely N-dealkylation sites (tertiary alicyclic amines) is 1. The Kier molecular flexibility index (Phi) is 2.76. The van der Waals surface area contributed by atoms with Crippen molar-refractivity contribution in [1.82, 2.24) is 10.1 Å². The van der Waals surface area contributed by atoms with E-state index < -0.39 is 12.0 Å². The number of nitro groups is 1. The third-order valence-corrected chi connectivity index (χ3v) is 3.87. The van der Waals surface area contributed by atoms with E-state index in [1.807, 2.05) is 6.07 Å². The summed E-state index contributed by atoms with van der Waals surface area (Å²) in [6.45, 7) is 2.46. The van der Waals surface area contributed by atoms with E-state index in [0.717, 1.165) is 18.5 Å². The molecule has 1 aromatic heterocycles. The van der Waals surface area contributed by atoms with Gasteiger partial charge < -0.3 is 9.42 Å². The van der Waals surface area contributed by atoms with Gasteiger partial charge in [-0.15, -0.1) is 0 Å². The number of aromatic nitrogens is 1. The zero-order valence-electron chi connectivity index (χ0n) is 10.6. The highest BCUT2D eigenvalue weighted by Gasteiger charge is 2.55. The Morgan fingerprint density at radius 3 is 3.00 bits per heavy atom. The van der Waals surface area contributed by atoms with Crippen molar-refractivity contribution in [3.8, 4) is 0 Å². The molecule has 0 aromatic carbocycles. The summed E-state index contributed by atoms with van der Waals surface area (Å²) in [7, 11) is 0. The Hall–Kier alpha value is -1.92. The zero-order chi connectivity index (χ0) is 13.6. The quantitative estimate of drug-likeness (QED) is 0.607. The maximum Gasteiger partial charge on any atom is 0.233 e. The third-order valence-electron chi connectivity index (χ3n) is 3.87. The van der Waals surface area contributed by atoms with Crippen LogP contribution in [0.5, 0.6) is 0 Å². The summed E-state index contributed by atoms with van der Waals surface area (Å²) in [4.78, 5) is 24.3. The van der Waals surface area contributed by atoms with E-state index in [0.29, 0.717) is 18.7 Å². The van der Waals surface area contributed by atoms with E-state index in [1.165, 1.54) is 0 Å². The Morgan fingerprint density at radius 2 is 2.42 bits per heavy atom. The second kappa shape index (κ2) is 4.32. The van der Waals surface area contributed by atoms with Gasteiger partial charge in [-0.2, -0.15) is 0 Å². The minimum absolute atomic E-state index is 0.0852. The molecule has 0 bridgehead atoms. The van der Waals surface area contributed by atoms with Crippen LogP contribution < -0.4 is 0 Å². The Balaban J connectivity index is 1.73. The van der Waals surface area contributed by atoms with Crippen molar-refractivity contribution in [3.05, 3.63) is 27.6 Å². The van der Waals surface area contributed by atoms with E-state index in [9.17, 15) is 14.9 Å². The highest BCUT2D eigenvalue weighted by Crippen LogP contribution is 2.40. The molecule has 7 heteroatoms. The second-order valence-electron chi connectivity index (χ2n) is 5.25. The SMILES string of the molecule is Cc1cc([C@@H]2CCCN2C(=O)[C@@H]2C[C@H]2[N+](=O)[O-])no1. The van der Waals surface area contributed by atoms with Gasteiger partial charge in [0.2, 0.25) is 11.9 Å². The molecule has 3 atom stereocenters. The lowest BCUT2D eigenvalue weighted by Crippen LogP contribution is -2.33. The molecule has 1 saturated heterocycles. The summed E-state index contributed by atoms with van der Waals surface area (Å²) in [5.41, 5.74) is 0.752. The predicted molar refractivity (Wildman–Crippen MR) is 63.8 cm³/mol. The number of nitrogens with zero attached hydrogens (tertiary/aromatic N) is 3. The van der Waals surface area contributed by atoms with Crippen LogP contribution in [0.25, 0.3) is 0 Å². The molecule has 19 heavy (non-hydrogen) atoms. The van der Waals surface area contributed by atoms with Crippen LogP contribution in [-0.2, 0) is 4.79 Å². The average Bonchev–Trinajstić information content (AvgIpc) is 2.82. The summed E-state index contributed by atoms with van der Waals surface area (Å²) < 4.78 is 5.04. The predicted octanol–water partition coefficient (Wildman–Crippen LogP) is 1.31. The number of amides is 1. The monoisotopic (exact) mass is 265 g/mol. The molecule has 1 aliphatic heterocycles. The van der Waals surface area contributed by atoms with E-state index in [1.54, 1.807) is 11.8 Å². The van der Waals surface area contributed by atoms with E-state index in [4.69, 9.17) is 4.52 Å². The molecule has 3 rings (SSSR count). The Morgan fingerprint density at radius 1 is 1.63 bits per heavy atom.